The van der Waals surface area contributed by atoms with Gasteiger partial charge in [0.25, 0.3) is 0 Å². The zero-order valence-corrected chi connectivity index (χ0v) is 28.3. The van der Waals surface area contributed by atoms with Crippen LogP contribution in [0.25, 0.3) is 22.3 Å². The number of ether oxygens (including phenoxy) is 1. The van der Waals surface area contributed by atoms with Crippen molar-refractivity contribution in [2.75, 3.05) is 13.2 Å². The van der Waals surface area contributed by atoms with Gasteiger partial charge >= 0.3 is 7.82 Å². The number of phosphoric acid groups is 1. The molecule has 0 bridgehead atoms. The Morgan fingerprint density at radius 2 is 1.37 bits per heavy atom. The van der Waals surface area contributed by atoms with Crippen LogP contribution in [0.3, 0.4) is 0 Å². The number of benzene rings is 1. The SMILES string of the molecule is CCCCCCCCCCCCCCCCCCOP(=O)(O)OC[C@H]1O[C@@H](n2ccc3c(-c4ccccc4)ncnc32)[C@H](O)[C@@H]1O. The molecule has 46 heavy (non-hydrogen) atoms. The number of rotatable bonds is 23. The monoisotopic (exact) mass is 659 g/mol. The Bertz CT molecular complexity index is 1320. The van der Waals surface area contributed by atoms with E-state index in [9.17, 15) is 19.7 Å². The minimum atomic E-state index is -4.34. The molecule has 1 saturated heterocycles. The van der Waals surface area contributed by atoms with Gasteiger partial charge in [0.15, 0.2) is 6.23 Å². The average molecular weight is 660 g/mol. The van der Waals surface area contributed by atoms with Gasteiger partial charge in [0, 0.05) is 17.1 Å². The lowest BCUT2D eigenvalue weighted by Gasteiger charge is -2.18. The van der Waals surface area contributed by atoms with Gasteiger partial charge in [-0.25, -0.2) is 14.5 Å². The lowest BCUT2D eigenvalue weighted by Crippen LogP contribution is -2.33. The molecule has 0 saturated carbocycles. The third kappa shape index (κ3) is 11.2. The second kappa shape index (κ2) is 19.6. The molecule has 5 atom stereocenters. The molecule has 11 heteroatoms. The molecule has 0 aliphatic carbocycles. The van der Waals surface area contributed by atoms with Crippen molar-refractivity contribution in [2.24, 2.45) is 0 Å². The predicted octanol–water partition coefficient (Wildman–Crippen LogP) is 8.11. The molecule has 0 amide bonds. The molecule has 1 unspecified atom stereocenters. The van der Waals surface area contributed by atoms with Crippen molar-refractivity contribution in [1.29, 1.82) is 0 Å². The number of nitrogens with zero attached hydrogens (tertiary/aromatic N) is 3. The zero-order chi connectivity index (χ0) is 32.6. The first-order valence-electron chi connectivity index (χ1n) is 17.4. The molecule has 1 aromatic carbocycles. The third-order valence-electron chi connectivity index (χ3n) is 8.82. The zero-order valence-electron chi connectivity index (χ0n) is 27.4. The molecule has 4 rings (SSSR count). The van der Waals surface area contributed by atoms with Crippen LogP contribution in [0, 0.1) is 0 Å². The Morgan fingerprint density at radius 1 is 0.783 bits per heavy atom. The fraction of sp³-hybridized carbons (Fsp3) is 0.657. The highest BCUT2D eigenvalue weighted by Crippen LogP contribution is 2.45. The van der Waals surface area contributed by atoms with E-state index in [1.807, 2.05) is 36.4 Å². The van der Waals surface area contributed by atoms with Gasteiger partial charge in [-0.3, -0.25) is 9.05 Å². The van der Waals surface area contributed by atoms with Crippen molar-refractivity contribution in [2.45, 2.75) is 134 Å². The third-order valence-corrected chi connectivity index (χ3v) is 9.81. The first-order chi connectivity index (χ1) is 22.4. The molecule has 1 aliphatic rings. The van der Waals surface area contributed by atoms with Crippen LogP contribution in [-0.4, -0.2) is 61.2 Å². The molecule has 3 aromatic rings. The van der Waals surface area contributed by atoms with E-state index in [-0.39, 0.29) is 6.61 Å². The van der Waals surface area contributed by atoms with Gasteiger partial charge in [-0.1, -0.05) is 134 Å². The highest BCUT2D eigenvalue weighted by Gasteiger charge is 2.45. The summed E-state index contributed by atoms with van der Waals surface area (Å²) in [6.07, 6.45) is 18.5. The second-order valence-electron chi connectivity index (χ2n) is 12.5. The van der Waals surface area contributed by atoms with Gasteiger partial charge in [0.2, 0.25) is 0 Å². The lowest BCUT2D eigenvalue weighted by molar-refractivity contribution is -0.0512. The van der Waals surface area contributed by atoms with Gasteiger partial charge < -0.3 is 24.4 Å². The maximum Gasteiger partial charge on any atom is 0.472 e. The van der Waals surface area contributed by atoms with Crippen LogP contribution in [0.1, 0.15) is 116 Å². The minimum absolute atomic E-state index is 0.115. The molecule has 256 valence electrons. The fourth-order valence-electron chi connectivity index (χ4n) is 6.13. The first-order valence-corrected chi connectivity index (χ1v) is 18.9. The molecule has 3 heterocycles. The lowest BCUT2D eigenvalue weighted by atomic mass is 10.0. The van der Waals surface area contributed by atoms with Crippen molar-refractivity contribution >= 4 is 18.9 Å². The van der Waals surface area contributed by atoms with E-state index in [1.165, 1.54) is 89.8 Å². The van der Waals surface area contributed by atoms with Crippen molar-refractivity contribution in [3.05, 3.63) is 48.9 Å². The summed E-state index contributed by atoms with van der Waals surface area (Å²) < 4.78 is 30.3. The molecule has 2 aromatic heterocycles. The van der Waals surface area contributed by atoms with Gasteiger partial charge in [-0.2, -0.15) is 0 Å². The highest BCUT2D eigenvalue weighted by atomic mass is 31.2. The van der Waals surface area contributed by atoms with Crippen LogP contribution in [0.2, 0.25) is 0 Å². The number of unbranched alkanes of at least 4 members (excludes halogenated alkanes) is 15. The van der Waals surface area contributed by atoms with E-state index in [1.54, 1.807) is 10.8 Å². The van der Waals surface area contributed by atoms with Crippen molar-refractivity contribution in [3.8, 4) is 11.3 Å². The van der Waals surface area contributed by atoms with Crippen LogP contribution in [-0.2, 0) is 18.3 Å². The number of aromatic nitrogens is 3. The van der Waals surface area contributed by atoms with Crippen LogP contribution in [0.4, 0.5) is 0 Å². The molecule has 0 spiro atoms. The van der Waals surface area contributed by atoms with Crippen LogP contribution < -0.4 is 0 Å². The number of hydrogen-bond acceptors (Lipinski definition) is 8. The molecule has 1 fully saturated rings. The Labute approximate surface area is 274 Å². The largest absolute Gasteiger partial charge is 0.472 e. The second-order valence-corrected chi connectivity index (χ2v) is 13.9. The van der Waals surface area contributed by atoms with Crippen LogP contribution >= 0.6 is 7.82 Å². The molecular weight excluding hydrogens is 605 g/mol. The molecule has 0 radical (unpaired) electrons. The van der Waals surface area contributed by atoms with Gasteiger partial charge in [0.05, 0.1) is 18.9 Å². The Balaban J connectivity index is 1.08. The average Bonchev–Trinajstić information content (AvgIpc) is 3.62. The Hall–Kier alpha value is -2.17. The standard InChI is InChI=1S/C35H54N3O7P/c1-2-3-4-5-6-7-8-9-10-11-12-13-14-15-16-20-25-43-46(41,42)44-26-30-32(39)33(40)35(45-30)38-24-23-29-31(36-27-37-34(29)38)28-21-18-17-19-22-28/h17-19,21-24,27,30,32-33,35,39-40H,2-16,20,25-26H2,1H3,(H,41,42)/t30-,32-,33-,35-/m1/s1. The minimum Gasteiger partial charge on any atom is -0.387 e. The summed E-state index contributed by atoms with van der Waals surface area (Å²) in [6, 6.07) is 11.5. The highest BCUT2D eigenvalue weighted by molar-refractivity contribution is 7.47. The summed E-state index contributed by atoms with van der Waals surface area (Å²) in [5.41, 5.74) is 2.19. The number of fused-ring (bicyclic) bond motifs is 1. The normalized spacial score (nSPS) is 21.2. The van der Waals surface area contributed by atoms with Crippen LogP contribution in [0.15, 0.2) is 48.9 Å². The molecular formula is C35H54N3O7P. The van der Waals surface area contributed by atoms with Gasteiger partial charge in [0.1, 0.15) is 30.3 Å². The van der Waals surface area contributed by atoms with Crippen molar-refractivity contribution in [3.63, 3.8) is 0 Å². The maximum absolute atomic E-state index is 12.5. The number of aliphatic hydroxyl groups is 2. The summed E-state index contributed by atoms with van der Waals surface area (Å²) in [4.78, 5) is 19.0. The van der Waals surface area contributed by atoms with E-state index in [0.29, 0.717) is 12.1 Å². The topological polar surface area (TPSA) is 136 Å². The predicted molar refractivity (Wildman–Crippen MR) is 180 cm³/mol. The molecule has 3 N–H and O–H groups in total. The van der Waals surface area contributed by atoms with Gasteiger partial charge in [-0.15, -0.1) is 0 Å². The van der Waals surface area contributed by atoms with Crippen LogP contribution in [0.5, 0.6) is 0 Å². The Kier molecular flexibility index (Phi) is 15.6. The number of aliphatic hydroxyl groups excluding tert-OH is 2. The van der Waals surface area contributed by atoms with Crippen molar-refractivity contribution < 1.29 is 33.5 Å². The van der Waals surface area contributed by atoms with E-state index in [2.05, 4.69) is 16.9 Å². The molecule has 1 aliphatic heterocycles. The Morgan fingerprint density at radius 3 is 1.98 bits per heavy atom. The van der Waals surface area contributed by atoms with E-state index in [4.69, 9.17) is 13.8 Å². The summed E-state index contributed by atoms with van der Waals surface area (Å²) in [6.45, 7) is 1.96. The summed E-state index contributed by atoms with van der Waals surface area (Å²) >= 11 is 0. The summed E-state index contributed by atoms with van der Waals surface area (Å²) in [5, 5.41) is 22.2. The quantitative estimate of drug-likeness (QED) is 0.0681. The number of phosphoric ester groups is 1. The number of hydrogen-bond donors (Lipinski definition) is 3. The van der Waals surface area contributed by atoms with Gasteiger partial charge in [-0.05, 0) is 12.5 Å². The fourth-order valence-corrected chi connectivity index (χ4v) is 6.90. The summed E-state index contributed by atoms with van der Waals surface area (Å²) in [7, 11) is -4.34. The van der Waals surface area contributed by atoms with E-state index >= 15 is 0 Å². The van der Waals surface area contributed by atoms with E-state index in [0.717, 1.165) is 29.5 Å². The maximum atomic E-state index is 12.5. The van der Waals surface area contributed by atoms with Crippen molar-refractivity contribution in [1.82, 2.24) is 14.5 Å². The smallest absolute Gasteiger partial charge is 0.387 e. The molecule has 10 nitrogen and oxygen atoms in total. The van der Waals surface area contributed by atoms with E-state index < -0.39 is 39.0 Å². The summed E-state index contributed by atoms with van der Waals surface area (Å²) in [5.74, 6) is 0. The first kappa shape index (κ1) is 36.7.